The molecule has 0 saturated heterocycles. The number of halogens is 1. The molecule has 1 atom stereocenters. The van der Waals surface area contributed by atoms with Gasteiger partial charge in [0.2, 0.25) is 0 Å². The van der Waals surface area contributed by atoms with Crippen LogP contribution >= 0.6 is 0 Å². The van der Waals surface area contributed by atoms with E-state index in [1.165, 1.54) is 12.1 Å². The number of benzene rings is 1. The number of carboxylic acids is 1. The number of amides is 2. The van der Waals surface area contributed by atoms with E-state index in [9.17, 15) is 14.0 Å². The average molecular weight is 282 g/mol. The van der Waals surface area contributed by atoms with E-state index in [4.69, 9.17) is 5.11 Å². The molecule has 1 rings (SSSR count). The van der Waals surface area contributed by atoms with E-state index in [1.807, 2.05) is 0 Å². The quantitative estimate of drug-likeness (QED) is 0.715. The van der Waals surface area contributed by atoms with E-state index in [-0.39, 0.29) is 18.3 Å². The monoisotopic (exact) mass is 282 g/mol. The van der Waals surface area contributed by atoms with Crippen molar-refractivity contribution in [1.29, 1.82) is 0 Å². The summed E-state index contributed by atoms with van der Waals surface area (Å²) < 4.78 is 12.9. The lowest BCUT2D eigenvalue weighted by molar-refractivity contribution is -0.137. The molecule has 0 aliphatic carbocycles. The summed E-state index contributed by atoms with van der Waals surface area (Å²) in [6, 6.07) is 5.38. The molecule has 1 aromatic rings. The standard InChI is InChI=1S/C14H19FN2O3/c1-2-12(9-13(18)19)17-14(20)16-7-6-10-4-3-5-11(15)8-10/h3-5,8,12H,2,6-7,9H2,1H3,(H,18,19)(H2,16,17,20). The van der Waals surface area contributed by atoms with Crippen LogP contribution in [0.25, 0.3) is 0 Å². The van der Waals surface area contributed by atoms with Gasteiger partial charge in [0.25, 0.3) is 0 Å². The first-order valence-corrected chi connectivity index (χ1v) is 6.52. The number of carbonyl (C=O) groups excluding carboxylic acids is 1. The summed E-state index contributed by atoms with van der Waals surface area (Å²) in [5.74, 6) is -1.25. The molecule has 0 fully saturated rings. The van der Waals surface area contributed by atoms with E-state index < -0.39 is 12.0 Å². The maximum atomic E-state index is 12.9. The first kappa shape index (κ1) is 15.9. The van der Waals surface area contributed by atoms with Gasteiger partial charge in [0.1, 0.15) is 5.82 Å². The molecule has 0 spiro atoms. The summed E-state index contributed by atoms with van der Waals surface area (Å²) in [6.07, 6.45) is 0.957. The van der Waals surface area contributed by atoms with Crippen LogP contribution in [0.3, 0.4) is 0 Å². The molecule has 20 heavy (non-hydrogen) atoms. The predicted octanol–water partition coefficient (Wildman–Crippen LogP) is 1.92. The predicted molar refractivity (Wildman–Crippen MR) is 73.0 cm³/mol. The minimum absolute atomic E-state index is 0.103. The zero-order valence-electron chi connectivity index (χ0n) is 11.4. The molecule has 1 aromatic carbocycles. The Bertz CT molecular complexity index is 465. The molecule has 3 N–H and O–H groups in total. The molecule has 1 unspecified atom stereocenters. The van der Waals surface area contributed by atoms with Gasteiger partial charge in [-0.2, -0.15) is 0 Å². The smallest absolute Gasteiger partial charge is 0.315 e. The SMILES string of the molecule is CCC(CC(=O)O)NC(=O)NCCc1cccc(F)c1. The van der Waals surface area contributed by atoms with Crippen LogP contribution in [-0.2, 0) is 11.2 Å². The zero-order chi connectivity index (χ0) is 15.0. The molecule has 110 valence electrons. The minimum atomic E-state index is -0.947. The Morgan fingerprint density at radius 1 is 1.40 bits per heavy atom. The van der Waals surface area contributed by atoms with Crippen LogP contribution in [0, 0.1) is 5.82 Å². The fourth-order valence-electron chi connectivity index (χ4n) is 1.76. The number of aliphatic carboxylic acids is 1. The Labute approximate surface area is 117 Å². The Balaban J connectivity index is 2.30. The normalized spacial score (nSPS) is 11.7. The highest BCUT2D eigenvalue weighted by atomic mass is 19.1. The summed E-state index contributed by atoms with van der Waals surface area (Å²) in [5.41, 5.74) is 0.794. The lowest BCUT2D eigenvalue weighted by Gasteiger charge is -2.15. The molecule has 2 amide bonds. The van der Waals surface area contributed by atoms with Crippen molar-refractivity contribution >= 4 is 12.0 Å². The summed E-state index contributed by atoms with van der Waals surface area (Å²) in [6.45, 7) is 2.17. The Morgan fingerprint density at radius 2 is 2.15 bits per heavy atom. The van der Waals surface area contributed by atoms with Crippen LogP contribution in [-0.4, -0.2) is 29.7 Å². The van der Waals surface area contributed by atoms with Crippen LogP contribution < -0.4 is 10.6 Å². The Hall–Kier alpha value is -2.11. The van der Waals surface area contributed by atoms with Gasteiger partial charge in [0.15, 0.2) is 0 Å². The summed E-state index contributed by atoms with van der Waals surface area (Å²) in [5, 5.41) is 13.9. The third-order valence-corrected chi connectivity index (χ3v) is 2.84. The molecule has 0 aliphatic heterocycles. The van der Waals surface area contributed by atoms with Crippen LogP contribution in [0.4, 0.5) is 9.18 Å². The third kappa shape index (κ3) is 6.17. The van der Waals surface area contributed by atoms with Crippen molar-refractivity contribution in [2.75, 3.05) is 6.54 Å². The number of rotatable bonds is 7. The number of carbonyl (C=O) groups is 2. The molecule has 0 aromatic heterocycles. The van der Waals surface area contributed by atoms with Gasteiger partial charge in [-0.05, 0) is 30.5 Å². The molecule has 6 heteroatoms. The lowest BCUT2D eigenvalue weighted by Crippen LogP contribution is -2.43. The van der Waals surface area contributed by atoms with Gasteiger partial charge in [-0.1, -0.05) is 19.1 Å². The van der Waals surface area contributed by atoms with Gasteiger partial charge < -0.3 is 15.7 Å². The highest BCUT2D eigenvalue weighted by molar-refractivity contribution is 5.75. The largest absolute Gasteiger partial charge is 0.481 e. The number of carboxylic acid groups (broad SMARTS) is 1. The fourth-order valence-corrected chi connectivity index (χ4v) is 1.76. The van der Waals surface area contributed by atoms with Crippen LogP contribution in [0.15, 0.2) is 24.3 Å². The van der Waals surface area contributed by atoms with Crippen LogP contribution in [0.5, 0.6) is 0 Å². The number of urea groups is 1. The highest BCUT2D eigenvalue weighted by Gasteiger charge is 2.13. The second kappa shape index (κ2) is 8.14. The van der Waals surface area contributed by atoms with E-state index in [0.29, 0.717) is 19.4 Å². The third-order valence-electron chi connectivity index (χ3n) is 2.84. The van der Waals surface area contributed by atoms with E-state index in [1.54, 1.807) is 19.1 Å². The average Bonchev–Trinajstić information content (AvgIpc) is 2.37. The van der Waals surface area contributed by atoms with Crippen molar-refractivity contribution in [2.24, 2.45) is 0 Å². The van der Waals surface area contributed by atoms with E-state index in [2.05, 4.69) is 10.6 Å². The van der Waals surface area contributed by atoms with Gasteiger partial charge in [0, 0.05) is 12.6 Å². The second-order valence-corrected chi connectivity index (χ2v) is 4.48. The molecule has 0 radical (unpaired) electrons. The molecule has 0 heterocycles. The summed E-state index contributed by atoms with van der Waals surface area (Å²) >= 11 is 0. The Kier molecular flexibility index (Phi) is 6.49. The first-order chi connectivity index (χ1) is 9.51. The van der Waals surface area contributed by atoms with Gasteiger partial charge in [-0.15, -0.1) is 0 Å². The molecule has 0 aliphatic rings. The molecular formula is C14H19FN2O3. The summed E-state index contributed by atoms with van der Waals surface area (Å²) in [4.78, 5) is 22.1. The number of nitrogens with one attached hydrogen (secondary N) is 2. The highest BCUT2D eigenvalue weighted by Crippen LogP contribution is 2.03. The lowest BCUT2D eigenvalue weighted by atomic mass is 10.1. The maximum absolute atomic E-state index is 12.9. The zero-order valence-corrected chi connectivity index (χ0v) is 11.4. The maximum Gasteiger partial charge on any atom is 0.315 e. The van der Waals surface area contributed by atoms with Crippen LogP contribution in [0.1, 0.15) is 25.3 Å². The van der Waals surface area contributed by atoms with Crippen LogP contribution in [0.2, 0.25) is 0 Å². The second-order valence-electron chi connectivity index (χ2n) is 4.48. The topological polar surface area (TPSA) is 78.4 Å². The van der Waals surface area contributed by atoms with Crippen molar-refractivity contribution in [3.63, 3.8) is 0 Å². The van der Waals surface area contributed by atoms with Crippen molar-refractivity contribution in [3.05, 3.63) is 35.6 Å². The van der Waals surface area contributed by atoms with Gasteiger partial charge >= 0.3 is 12.0 Å². The number of hydrogen-bond donors (Lipinski definition) is 3. The fraction of sp³-hybridized carbons (Fsp3) is 0.429. The van der Waals surface area contributed by atoms with Crippen molar-refractivity contribution in [3.8, 4) is 0 Å². The number of hydrogen-bond acceptors (Lipinski definition) is 2. The minimum Gasteiger partial charge on any atom is -0.481 e. The molecule has 0 bridgehead atoms. The first-order valence-electron chi connectivity index (χ1n) is 6.52. The summed E-state index contributed by atoms with van der Waals surface area (Å²) in [7, 11) is 0. The molecule has 0 saturated carbocycles. The van der Waals surface area contributed by atoms with Crippen molar-refractivity contribution < 1.29 is 19.1 Å². The van der Waals surface area contributed by atoms with Crippen molar-refractivity contribution in [2.45, 2.75) is 32.2 Å². The molecule has 5 nitrogen and oxygen atoms in total. The van der Waals surface area contributed by atoms with E-state index in [0.717, 1.165) is 5.56 Å². The Morgan fingerprint density at radius 3 is 2.75 bits per heavy atom. The van der Waals surface area contributed by atoms with Gasteiger partial charge in [0.05, 0.1) is 6.42 Å². The molecular weight excluding hydrogens is 263 g/mol. The van der Waals surface area contributed by atoms with Gasteiger partial charge in [-0.3, -0.25) is 4.79 Å². The van der Waals surface area contributed by atoms with Crippen molar-refractivity contribution in [1.82, 2.24) is 10.6 Å². The van der Waals surface area contributed by atoms with E-state index >= 15 is 0 Å². The van der Waals surface area contributed by atoms with Gasteiger partial charge in [-0.25, -0.2) is 9.18 Å².